The maximum atomic E-state index is 12.1. The Morgan fingerprint density at radius 2 is 1.71 bits per heavy atom. The van der Waals surface area contributed by atoms with Gasteiger partial charge in [0.2, 0.25) is 5.91 Å². The third-order valence-electron chi connectivity index (χ3n) is 4.70. The molecular weight excluding hydrogens is 345 g/mol. The number of benzene rings is 1. The van der Waals surface area contributed by atoms with Gasteiger partial charge in [-0.2, -0.15) is 0 Å². The second-order valence-corrected chi connectivity index (χ2v) is 6.20. The van der Waals surface area contributed by atoms with Crippen LogP contribution in [0.25, 0.3) is 0 Å². The summed E-state index contributed by atoms with van der Waals surface area (Å²) in [6.45, 7) is 8.07. The maximum Gasteiger partial charge on any atom is 0.224 e. The molecule has 0 heterocycles. The molecule has 2 rings (SSSR count). The topological polar surface area (TPSA) is 58.4 Å². The number of nitrogens with zero attached hydrogens (tertiary/aromatic N) is 1. The average Bonchev–Trinajstić information content (AvgIpc) is 2.97. The zero-order valence-corrected chi connectivity index (χ0v) is 16.3. The van der Waals surface area contributed by atoms with Crippen molar-refractivity contribution >= 4 is 30.7 Å². The van der Waals surface area contributed by atoms with Gasteiger partial charge in [-0.3, -0.25) is 9.69 Å². The molecule has 4 nitrogen and oxygen atoms in total. The quantitative estimate of drug-likeness (QED) is 0.769. The molecule has 1 amide bonds. The summed E-state index contributed by atoms with van der Waals surface area (Å²) in [5.41, 5.74) is 8.43. The number of amides is 1. The summed E-state index contributed by atoms with van der Waals surface area (Å²) in [7, 11) is 0. The van der Waals surface area contributed by atoms with E-state index in [4.69, 9.17) is 5.73 Å². The Morgan fingerprint density at radius 3 is 2.21 bits per heavy atom. The van der Waals surface area contributed by atoms with E-state index in [2.05, 4.69) is 48.3 Å². The van der Waals surface area contributed by atoms with E-state index in [9.17, 15) is 4.79 Å². The van der Waals surface area contributed by atoms with Crippen LogP contribution in [0.5, 0.6) is 0 Å². The summed E-state index contributed by atoms with van der Waals surface area (Å²) < 4.78 is 0. The van der Waals surface area contributed by atoms with E-state index in [1.54, 1.807) is 0 Å². The van der Waals surface area contributed by atoms with Crippen LogP contribution in [-0.2, 0) is 17.9 Å². The molecule has 0 aromatic heterocycles. The first-order valence-electron chi connectivity index (χ1n) is 8.47. The highest BCUT2D eigenvalue weighted by Crippen LogP contribution is 2.24. The Labute approximate surface area is 158 Å². The Balaban J connectivity index is 0.00000264. The number of carbonyl (C=O) groups is 1. The highest BCUT2D eigenvalue weighted by molar-refractivity contribution is 5.85. The maximum absolute atomic E-state index is 12.1. The Bertz CT molecular complexity index is 478. The van der Waals surface area contributed by atoms with Gasteiger partial charge in [0.1, 0.15) is 0 Å². The van der Waals surface area contributed by atoms with Gasteiger partial charge >= 0.3 is 0 Å². The average molecular weight is 376 g/mol. The first-order chi connectivity index (χ1) is 10.6. The normalized spacial score (nSPS) is 19.5. The van der Waals surface area contributed by atoms with E-state index in [-0.39, 0.29) is 42.7 Å². The molecule has 1 aromatic rings. The number of hydrogen-bond donors (Lipinski definition) is 2. The molecule has 1 aromatic carbocycles. The van der Waals surface area contributed by atoms with E-state index >= 15 is 0 Å². The van der Waals surface area contributed by atoms with Crippen LogP contribution >= 0.6 is 24.8 Å². The fourth-order valence-corrected chi connectivity index (χ4v) is 3.10. The Morgan fingerprint density at radius 1 is 1.12 bits per heavy atom. The van der Waals surface area contributed by atoms with Gasteiger partial charge in [0, 0.05) is 19.1 Å². The van der Waals surface area contributed by atoms with Crippen molar-refractivity contribution in [1.29, 1.82) is 0 Å². The van der Waals surface area contributed by atoms with Gasteiger partial charge in [-0.15, -0.1) is 24.8 Å². The van der Waals surface area contributed by atoms with Gasteiger partial charge in [-0.1, -0.05) is 44.5 Å². The smallest absolute Gasteiger partial charge is 0.224 e. The standard InChI is InChI=1S/C18H29N3O.2ClH/c1-3-21(4-2)13-15-10-8-14(9-11-15)12-20-18(22)16-6-5-7-17(16)19;;/h8-11,16-17H,3-7,12-13,19H2,1-2H3,(H,20,22);2*1H. The number of rotatable bonds is 7. The molecule has 24 heavy (non-hydrogen) atoms. The summed E-state index contributed by atoms with van der Waals surface area (Å²) in [4.78, 5) is 14.5. The third-order valence-corrected chi connectivity index (χ3v) is 4.70. The summed E-state index contributed by atoms with van der Waals surface area (Å²) in [6.07, 6.45) is 2.97. The zero-order valence-electron chi connectivity index (χ0n) is 14.7. The van der Waals surface area contributed by atoms with Crippen LogP contribution in [0.2, 0.25) is 0 Å². The molecule has 0 saturated heterocycles. The molecule has 2 unspecified atom stereocenters. The van der Waals surface area contributed by atoms with Crippen LogP contribution in [0, 0.1) is 5.92 Å². The van der Waals surface area contributed by atoms with E-state index in [1.165, 1.54) is 5.56 Å². The van der Waals surface area contributed by atoms with Crippen LogP contribution in [0.4, 0.5) is 0 Å². The Kier molecular flexibility index (Phi) is 11.3. The lowest BCUT2D eigenvalue weighted by molar-refractivity contribution is -0.125. The van der Waals surface area contributed by atoms with Crippen LogP contribution in [-0.4, -0.2) is 29.9 Å². The molecule has 0 radical (unpaired) electrons. The first kappa shape index (κ1) is 23.2. The monoisotopic (exact) mass is 375 g/mol. The summed E-state index contributed by atoms with van der Waals surface area (Å²) in [5.74, 6) is 0.110. The molecule has 1 fully saturated rings. The van der Waals surface area contributed by atoms with Crippen molar-refractivity contribution in [3.63, 3.8) is 0 Å². The second kappa shape index (κ2) is 11.7. The van der Waals surface area contributed by atoms with Gasteiger partial charge in [0.05, 0.1) is 5.92 Å². The molecule has 0 bridgehead atoms. The van der Waals surface area contributed by atoms with Crippen molar-refractivity contribution < 1.29 is 4.79 Å². The van der Waals surface area contributed by atoms with E-state index in [1.807, 2.05) is 0 Å². The second-order valence-electron chi connectivity index (χ2n) is 6.20. The van der Waals surface area contributed by atoms with Gasteiger partial charge < -0.3 is 11.1 Å². The van der Waals surface area contributed by atoms with Crippen LogP contribution < -0.4 is 11.1 Å². The molecule has 3 N–H and O–H groups in total. The van der Waals surface area contributed by atoms with Crippen molar-refractivity contribution in [2.24, 2.45) is 11.7 Å². The molecule has 1 aliphatic rings. The molecule has 2 atom stereocenters. The van der Waals surface area contributed by atoms with Crippen LogP contribution in [0.15, 0.2) is 24.3 Å². The van der Waals surface area contributed by atoms with Crippen molar-refractivity contribution in [3.05, 3.63) is 35.4 Å². The molecule has 138 valence electrons. The lowest BCUT2D eigenvalue weighted by atomic mass is 10.0. The van der Waals surface area contributed by atoms with Crippen LogP contribution in [0.3, 0.4) is 0 Å². The molecular formula is C18H31Cl2N3O. The summed E-state index contributed by atoms with van der Waals surface area (Å²) in [5, 5.41) is 3.02. The lowest BCUT2D eigenvalue weighted by Crippen LogP contribution is -2.38. The number of nitrogens with one attached hydrogen (secondary N) is 1. The minimum Gasteiger partial charge on any atom is -0.352 e. The zero-order chi connectivity index (χ0) is 15.9. The fourth-order valence-electron chi connectivity index (χ4n) is 3.10. The van der Waals surface area contributed by atoms with E-state index in [0.717, 1.165) is 44.5 Å². The van der Waals surface area contributed by atoms with Crippen molar-refractivity contribution in [3.8, 4) is 0 Å². The Hall–Kier alpha value is -0.810. The minimum atomic E-state index is 0. The molecule has 1 saturated carbocycles. The predicted molar refractivity (Wildman–Crippen MR) is 105 cm³/mol. The van der Waals surface area contributed by atoms with Crippen molar-refractivity contribution in [2.45, 2.75) is 52.2 Å². The fraction of sp³-hybridized carbons (Fsp3) is 0.611. The van der Waals surface area contributed by atoms with E-state index < -0.39 is 0 Å². The van der Waals surface area contributed by atoms with Gasteiger partial charge in [-0.25, -0.2) is 0 Å². The third kappa shape index (κ3) is 6.60. The van der Waals surface area contributed by atoms with Gasteiger partial charge in [-0.05, 0) is 37.1 Å². The molecule has 1 aliphatic carbocycles. The summed E-state index contributed by atoms with van der Waals surface area (Å²) in [6, 6.07) is 8.56. The van der Waals surface area contributed by atoms with Crippen molar-refractivity contribution in [1.82, 2.24) is 10.2 Å². The number of carbonyl (C=O) groups excluding carboxylic acids is 1. The largest absolute Gasteiger partial charge is 0.352 e. The lowest BCUT2D eigenvalue weighted by Gasteiger charge is -2.18. The number of hydrogen-bond acceptors (Lipinski definition) is 3. The highest BCUT2D eigenvalue weighted by Gasteiger charge is 2.29. The highest BCUT2D eigenvalue weighted by atomic mass is 35.5. The molecule has 0 spiro atoms. The van der Waals surface area contributed by atoms with Gasteiger partial charge in [0.15, 0.2) is 0 Å². The number of halogens is 2. The predicted octanol–water partition coefficient (Wildman–Crippen LogP) is 3.12. The van der Waals surface area contributed by atoms with Crippen LogP contribution in [0.1, 0.15) is 44.2 Å². The first-order valence-corrected chi connectivity index (χ1v) is 8.47. The molecule has 0 aliphatic heterocycles. The SMILES string of the molecule is CCN(CC)Cc1ccc(CNC(=O)C2CCCC2N)cc1.Cl.Cl. The van der Waals surface area contributed by atoms with E-state index in [0.29, 0.717) is 6.54 Å². The van der Waals surface area contributed by atoms with Crippen molar-refractivity contribution in [2.75, 3.05) is 13.1 Å². The minimum absolute atomic E-state index is 0. The summed E-state index contributed by atoms with van der Waals surface area (Å²) >= 11 is 0. The number of nitrogens with two attached hydrogens (primary N) is 1. The van der Waals surface area contributed by atoms with Gasteiger partial charge in [0.25, 0.3) is 0 Å². The molecule has 6 heteroatoms.